The van der Waals surface area contributed by atoms with E-state index < -0.39 is 30.2 Å². The highest BCUT2D eigenvalue weighted by molar-refractivity contribution is 5.91. The average molecular weight is 485 g/mol. The van der Waals surface area contributed by atoms with Crippen LogP contribution in [-0.2, 0) is 0 Å². The minimum absolute atomic E-state index is 0.125. The summed E-state index contributed by atoms with van der Waals surface area (Å²) in [4.78, 5) is 20.7. The number of nitrogens with zero attached hydrogens (tertiary/aromatic N) is 4. The summed E-state index contributed by atoms with van der Waals surface area (Å²) in [6, 6.07) is 5.64. The average Bonchev–Trinajstić information content (AvgIpc) is 3.19. The molecule has 3 aromatic heterocycles. The van der Waals surface area contributed by atoms with Crippen molar-refractivity contribution in [2.75, 3.05) is 6.61 Å². The van der Waals surface area contributed by atoms with Crippen LogP contribution in [0, 0.1) is 0 Å². The smallest absolute Gasteiger partial charge is 0.422 e. The maximum Gasteiger partial charge on any atom is 0.422 e. The second-order valence-electron chi connectivity index (χ2n) is 8.29. The fraction of sp³-hybridized carbons (Fsp3) is 0.429. The third-order valence-corrected chi connectivity index (χ3v) is 5.35. The molecule has 0 bridgehead atoms. The van der Waals surface area contributed by atoms with Gasteiger partial charge in [-0.25, -0.2) is 23.3 Å². The van der Waals surface area contributed by atoms with E-state index in [0.717, 1.165) is 0 Å². The summed E-state index contributed by atoms with van der Waals surface area (Å²) in [5, 5.41) is 6.83. The maximum atomic E-state index is 13.4. The Kier molecular flexibility index (Phi) is 6.04. The van der Waals surface area contributed by atoms with Crippen molar-refractivity contribution in [3.8, 4) is 17.4 Å². The number of alkyl halides is 5. The van der Waals surface area contributed by atoms with Gasteiger partial charge in [0.1, 0.15) is 5.75 Å². The number of fused-ring (bicyclic) bond motifs is 1. The van der Waals surface area contributed by atoms with Crippen molar-refractivity contribution in [2.24, 2.45) is 0 Å². The molecule has 1 N–H and O–H groups in total. The molecule has 1 saturated carbocycles. The van der Waals surface area contributed by atoms with E-state index in [-0.39, 0.29) is 48.9 Å². The SMILES string of the molecule is CC1(NC(=O)c2nc3ccc(Oc4ncccc4OCC(F)(F)F)cn3n2)CCC(F)(F)CC1. The van der Waals surface area contributed by atoms with Gasteiger partial charge in [-0.2, -0.15) is 13.2 Å². The van der Waals surface area contributed by atoms with Gasteiger partial charge >= 0.3 is 6.18 Å². The van der Waals surface area contributed by atoms with Crippen molar-refractivity contribution in [1.82, 2.24) is 24.9 Å². The molecule has 0 unspecified atom stereocenters. The number of hydrogen-bond donors (Lipinski definition) is 1. The zero-order valence-corrected chi connectivity index (χ0v) is 17.9. The number of carbonyl (C=O) groups is 1. The molecule has 0 spiro atoms. The van der Waals surface area contributed by atoms with Crippen LogP contribution in [0.15, 0.2) is 36.7 Å². The summed E-state index contributed by atoms with van der Waals surface area (Å²) < 4.78 is 75.9. The molecule has 0 radical (unpaired) electrons. The lowest BCUT2D eigenvalue weighted by Crippen LogP contribution is -2.50. The molecular weight excluding hydrogens is 465 g/mol. The van der Waals surface area contributed by atoms with Gasteiger partial charge < -0.3 is 14.8 Å². The summed E-state index contributed by atoms with van der Waals surface area (Å²) in [6.45, 7) is 0.194. The first-order valence-corrected chi connectivity index (χ1v) is 10.3. The number of ether oxygens (including phenoxy) is 2. The highest BCUT2D eigenvalue weighted by Gasteiger charge is 2.41. The number of hydrogen-bond acceptors (Lipinski definition) is 6. The Bertz CT molecular complexity index is 1190. The Morgan fingerprint density at radius 2 is 1.91 bits per heavy atom. The molecule has 182 valence electrons. The molecule has 1 aliphatic rings. The molecular formula is C21H20F5N5O3. The van der Waals surface area contributed by atoms with Crippen molar-refractivity contribution >= 4 is 11.6 Å². The van der Waals surface area contributed by atoms with Crippen LogP contribution in [0.4, 0.5) is 22.0 Å². The van der Waals surface area contributed by atoms with E-state index in [2.05, 4.69) is 20.4 Å². The van der Waals surface area contributed by atoms with Crippen LogP contribution in [0.2, 0.25) is 0 Å². The quantitative estimate of drug-likeness (QED) is 0.515. The van der Waals surface area contributed by atoms with Crippen molar-refractivity contribution in [3.05, 3.63) is 42.5 Å². The predicted molar refractivity (Wildman–Crippen MR) is 108 cm³/mol. The van der Waals surface area contributed by atoms with Gasteiger partial charge in [-0.1, -0.05) is 0 Å². The largest absolute Gasteiger partial charge is 0.478 e. The minimum atomic E-state index is -4.53. The summed E-state index contributed by atoms with van der Waals surface area (Å²) in [6.07, 6.45) is -2.21. The molecule has 1 amide bonds. The predicted octanol–water partition coefficient (Wildman–Crippen LogP) is 4.56. The number of amides is 1. The van der Waals surface area contributed by atoms with E-state index in [1.807, 2.05) is 0 Å². The van der Waals surface area contributed by atoms with Gasteiger partial charge in [0.15, 0.2) is 18.0 Å². The van der Waals surface area contributed by atoms with E-state index in [1.165, 1.54) is 41.2 Å². The van der Waals surface area contributed by atoms with Crippen LogP contribution in [0.25, 0.3) is 5.65 Å². The topological polar surface area (TPSA) is 90.6 Å². The van der Waals surface area contributed by atoms with Crippen LogP contribution in [0.3, 0.4) is 0 Å². The normalized spacial score (nSPS) is 17.4. The van der Waals surface area contributed by atoms with Gasteiger partial charge in [-0.15, -0.1) is 5.10 Å². The fourth-order valence-corrected chi connectivity index (χ4v) is 3.48. The molecule has 1 fully saturated rings. The van der Waals surface area contributed by atoms with Gasteiger partial charge in [0.05, 0.1) is 6.20 Å². The third kappa shape index (κ3) is 5.69. The van der Waals surface area contributed by atoms with E-state index >= 15 is 0 Å². The zero-order chi connectivity index (χ0) is 24.6. The molecule has 8 nitrogen and oxygen atoms in total. The van der Waals surface area contributed by atoms with Crippen LogP contribution in [0.1, 0.15) is 43.2 Å². The molecule has 4 rings (SSSR count). The number of pyridine rings is 2. The van der Waals surface area contributed by atoms with Crippen molar-refractivity contribution < 1.29 is 36.2 Å². The first kappa shape index (κ1) is 23.6. The standard InChI is InChI=1S/C21H20F5N5O3/c1-19(6-8-20(22,23)9-7-19)29-17(32)16-28-15-5-4-13(11-31(15)30-16)34-18-14(3-2-10-27-18)33-12-21(24,25)26/h2-5,10-11H,6-9,12H2,1H3,(H,29,32). The van der Waals surface area contributed by atoms with Crippen molar-refractivity contribution in [2.45, 2.75) is 50.2 Å². The zero-order valence-electron chi connectivity index (χ0n) is 17.9. The molecule has 3 heterocycles. The Balaban J connectivity index is 1.47. The molecule has 0 aromatic carbocycles. The highest BCUT2D eigenvalue weighted by atomic mass is 19.4. The van der Waals surface area contributed by atoms with E-state index in [0.29, 0.717) is 5.65 Å². The lowest BCUT2D eigenvalue weighted by molar-refractivity contribution is -0.153. The van der Waals surface area contributed by atoms with Crippen LogP contribution in [0.5, 0.6) is 17.4 Å². The molecule has 13 heteroatoms. The second-order valence-corrected chi connectivity index (χ2v) is 8.29. The molecule has 34 heavy (non-hydrogen) atoms. The number of rotatable bonds is 6. The Labute approximate surface area is 190 Å². The number of carbonyl (C=O) groups excluding carboxylic acids is 1. The summed E-state index contributed by atoms with van der Waals surface area (Å²) in [5.74, 6) is -3.74. The maximum absolute atomic E-state index is 13.4. The van der Waals surface area contributed by atoms with Crippen LogP contribution in [-0.4, -0.2) is 49.7 Å². The monoisotopic (exact) mass is 485 g/mol. The molecule has 0 atom stereocenters. The highest BCUT2D eigenvalue weighted by Crippen LogP contribution is 2.38. The van der Waals surface area contributed by atoms with Gasteiger partial charge in [0.25, 0.3) is 11.8 Å². The van der Waals surface area contributed by atoms with E-state index in [4.69, 9.17) is 9.47 Å². The number of aromatic nitrogens is 4. The second kappa shape index (κ2) is 8.69. The first-order valence-electron chi connectivity index (χ1n) is 10.3. The number of nitrogens with one attached hydrogen (secondary N) is 1. The van der Waals surface area contributed by atoms with Crippen molar-refractivity contribution in [1.29, 1.82) is 0 Å². The molecule has 3 aromatic rings. The minimum Gasteiger partial charge on any atom is -0.478 e. The van der Waals surface area contributed by atoms with Crippen LogP contribution < -0.4 is 14.8 Å². The van der Waals surface area contributed by atoms with Gasteiger partial charge in [-0.3, -0.25) is 4.79 Å². The van der Waals surface area contributed by atoms with E-state index in [9.17, 15) is 26.7 Å². The molecule has 1 aliphatic carbocycles. The molecule has 0 aliphatic heterocycles. The first-order chi connectivity index (χ1) is 15.9. The van der Waals surface area contributed by atoms with Gasteiger partial charge in [0.2, 0.25) is 11.7 Å². The number of halogens is 5. The fourth-order valence-electron chi connectivity index (χ4n) is 3.48. The summed E-state index contributed by atoms with van der Waals surface area (Å²) in [7, 11) is 0. The third-order valence-electron chi connectivity index (χ3n) is 5.35. The van der Waals surface area contributed by atoms with Crippen molar-refractivity contribution in [3.63, 3.8) is 0 Å². The lowest BCUT2D eigenvalue weighted by Gasteiger charge is -2.37. The van der Waals surface area contributed by atoms with E-state index in [1.54, 1.807) is 6.92 Å². The lowest BCUT2D eigenvalue weighted by atomic mass is 9.81. The van der Waals surface area contributed by atoms with Gasteiger partial charge in [-0.05, 0) is 44.0 Å². The Hall–Kier alpha value is -3.51. The summed E-state index contributed by atoms with van der Waals surface area (Å²) in [5.41, 5.74) is -0.497. The van der Waals surface area contributed by atoms with Gasteiger partial charge in [0, 0.05) is 24.6 Å². The molecule has 0 saturated heterocycles. The summed E-state index contributed by atoms with van der Waals surface area (Å²) >= 11 is 0. The Morgan fingerprint density at radius 3 is 2.62 bits per heavy atom. The Morgan fingerprint density at radius 1 is 1.18 bits per heavy atom. The van der Waals surface area contributed by atoms with Crippen LogP contribution >= 0.6 is 0 Å².